The highest BCUT2D eigenvalue weighted by Crippen LogP contribution is 2.17. The molecule has 0 aliphatic rings. The van der Waals surface area contributed by atoms with Crippen LogP contribution in [0.3, 0.4) is 0 Å². The number of hydrogen-bond acceptors (Lipinski definition) is 5. The number of aryl methyl sites for hydroxylation is 2. The SMILES string of the molecule is CCn1c(=O)c(C(=O)CNc2cc(C)ccc2C)c(N)n(Cc2ccccc2)c1=O. The van der Waals surface area contributed by atoms with Crippen LogP contribution in [0.15, 0.2) is 58.1 Å². The number of nitrogens with two attached hydrogens (primary N) is 1. The Balaban J connectivity index is 2.00. The molecule has 0 bridgehead atoms. The van der Waals surface area contributed by atoms with Crippen molar-refractivity contribution in [3.63, 3.8) is 0 Å². The van der Waals surface area contributed by atoms with Gasteiger partial charge in [-0.05, 0) is 43.5 Å². The normalized spacial score (nSPS) is 10.8. The van der Waals surface area contributed by atoms with E-state index in [2.05, 4.69) is 5.32 Å². The van der Waals surface area contributed by atoms with Gasteiger partial charge in [-0.1, -0.05) is 42.5 Å². The van der Waals surface area contributed by atoms with E-state index in [0.29, 0.717) is 0 Å². The fourth-order valence-electron chi connectivity index (χ4n) is 3.37. The van der Waals surface area contributed by atoms with E-state index in [1.807, 2.05) is 62.4 Å². The number of anilines is 2. The Labute approximate surface area is 174 Å². The predicted molar refractivity (Wildman–Crippen MR) is 119 cm³/mol. The number of carbonyl (C=O) groups excluding carboxylic acids is 1. The Kier molecular flexibility index (Phi) is 6.20. The monoisotopic (exact) mass is 406 g/mol. The number of rotatable bonds is 7. The quantitative estimate of drug-likeness (QED) is 0.588. The standard InChI is InChI=1S/C23H26N4O3/c1-4-26-22(29)20(19(28)13-25-18-12-15(2)10-11-16(18)3)21(24)27(23(26)30)14-17-8-6-5-7-9-17/h5-12,25H,4,13-14,24H2,1-3H3. The highest BCUT2D eigenvalue weighted by Gasteiger charge is 2.22. The highest BCUT2D eigenvalue weighted by atomic mass is 16.2. The first-order valence-electron chi connectivity index (χ1n) is 9.84. The first-order chi connectivity index (χ1) is 14.3. The average molecular weight is 406 g/mol. The minimum atomic E-state index is -0.655. The first-order valence-corrected chi connectivity index (χ1v) is 9.84. The molecule has 1 heterocycles. The zero-order chi connectivity index (χ0) is 21.8. The summed E-state index contributed by atoms with van der Waals surface area (Å²) < 4.78 is 2.33. The van der Waals surface area contributed by atoms with E-state index < -0.39 is 17.0 Å². The molecule has 2 aromatic carbocycles. The maximum Gasteiger partial charge on any atom is 0.332 e. The van der Waals surface area contributed by atoms with Crippen LogP contribution in [0.25, 0.3) is 0 Å². The molecule has 0 amide bonds. The van der Waals surface area contributed by atoms with Gasteiger partial charge in [-0.2, -0.15) is 0 Å². The molecule has 0 aliphatic heterocycles. The summed E-state index contributed by atoms with van der Waals surface area (Å²) in [6, 6.07) is 15.2. The van der Waals surface area contributed by atoms with Gasteiger partial charge in [0.1, 0.15) is 11.4 Å². The molecule has 0 fully saturated rings. The number of aromatic nitrogens is 2. The maximum atomic E-state index is 13.0. The van der Waals surface area contributed by atoms with Gasteiger partial charge in [0.05, 0.1) is 13.1 Å². The lowest BCUT2D eigenvalue weighted by atomic mass is 10.1. The summed E-state index contributed by atoms with van der Waals surface area (Å²) in [7, 11) is 0. The van der Waals surface area contributed by atoms with E-state index in [0.717, 1.165) is 26.9 Å². The summed E-state index contributed by atoms with van der Waals surface area (Å²) in [6.07, 6.45) is 0. The molecule has 0 aliphatic carbocycles. The second-order valence-corrected chi connectivity index (χ2v) is 7.26. The highest BCUT2D eigenvalue weighted by molar-refractivity contribution is 6.02. The number of carbonyl (C=O) groups is 1. The molecular weight excluding hydrogens is 380 g/mol. The third-order valence-corrected chi connectivity index (χ3v) is 5.08. The minimum absolute atomic E-state index is 0.100. The third kappa shape index (κ3) is 4.20. The molecule has 3 rings (SSSR count). The van der Waals surface area contributed by atoms with Crippen LogP contribution in [-0.4, -0.2) is 21.5 Å². The molecule has 0 atom stereocenters. The van der Waals surface area contributed by atoms with Gasteiger partial charge in [0.2, 0.25) is 0 Å². The zero-order valence-corrected chi connectivity index (χ0v) is 17.4. The molecule has 1 aromatic heterocycles. The van der Waals surface area contributed by atoms with E-state index in [-0.39, 0.29) is 31.0 Å². The molecule has 156 valence electrons. The summed E-state index contributed by atoms with van der Waals surface area (Å²) in [5, 5.41) is 3.09. The van der Waals surface area contributed by atoms with Crippen molar-refractivity contribution in [3.8, 4) is 0 Å². The second-order valence-electron chi connectivity index (χ2n) is 7.26. The van der Waals surface area contributed by atoms with Gasteiger partial charge in [-0.25, -0.2) is 4.79 Å². The van der Waals surface area contributed by atoms with Crippen molar-refractivity contribution in [2.75, 3.05) is 17.6 Å². The van der Waals surface area contributed by atoms with Crippen LogP contribution in [0.1, 0.15) is 34.0 Å². The summed E-state index contributed by atoms with van der Waals surface area (Å²) in [5.74, 6) is -0.561. The van der Waals surface area contributed by atoms with Crippen LogP contribution in [0.2, 0.25) is 0 Å². The first kappa shape index (κ1) is 21.1. The minimum Gasteiger partial charge on any atom is -0.384 e. The summed E-state index contributed by atoms with van der Waals surface area (Å²) in [6.45, 7) is 5.81. The number of nitrogens with one attached hydrogen (secondary N) is 1. The van der Waals surface area contributed by atoms with Gasteiger partial charge in [-0.15, -0.1) is 0 Å². The Bertz CT molecular complexity index is 1190. The number of hydrogen-bond donors (Lipinski definition) is 2. The lowest BCUT2D eigenvalue weighted by Crippen LogP contribution is -2.44. The number of nitrogens with zero attached hydrogens (tertiary/aromatic N) is 2. The molecule has 30 heavy (non-hydrogen) atoms. The van der Waals surface area contributed by atoms with E-state index in [1.54, 1.807) is 6.92 Å². The van der Waals surface area contributed by atoms with Gasteiger partial charge in [0.15, 0.2) is 5.78 Å². The van der Waals surface area contributed by atoms with Crippen molar-refractivity contribution >= 4 is 17.3 Å². The average Bonchev–Trinajstić information content (AvgIpc) is 2.73. The smallest absolute Gasteiger partial charge is 0.332 e. The Morgan fingerprint density at radius 1 is 1.03 bits per heavy atom. The van der Waals surface area contributed by atoms with Crippen LogP contribution in [-0.2, 0) is 13.1 Å². The molecular formula is C23H26N4O3. The van der Waals surface area contributed by atoms with Crippen molar-refractivity contribution in [1.29, 1.82) is 0 Å². The maximum absolute atomic E-state index is 13.0. The molecule has 0 unspecified atom stereocenters. The summed E-state index contributed by atoms with van der Waals surface area (Å²) in [5.41, 5.74) is 8.54. The molecule has 0 saturated heterocycles. The van der Waals surface area contributed by atoms with Gasteiger partial charge in [-0.3, -0.25) is 18.7 Å². The van der Waals surface area contributed by atoms with Gasteiger partial charge < -0.3 is 11.1 Å². The fraction of sp³-hybridized carbons (Fsp3) is 0.261. The Hall–Kier alpha value is -3.61. The fourth-order valence-corrected chi connectivity index (χ4v) is 3.37. The Morgan fingerprint density at radius 3 is 2.40 bits per heavy atom. The van der Waals surface area contributed by atoms with Crippen molar-refractivity contribution in [2.24, 2.45) is 0 Å². The molecule has 0 radical (unpaired) electrons. The molecule has 0 spiro atoms. The van der Waals surface area contributed by atoms with E-state index in [4.69, 9.17) is 5.73 Å². The lowest BCUT2D eigenvalue weighted by molar-refractivity contribution is 0.100. The Morgan fingerprint density at radius 2 is 1.73 bits per heavy atom. The van der Waals surface area contributed by atoms with Crippen molar-refractivity contribution in [2.45, 2.75) is 33.9 Å². The van der Waals surface area contributed by atoms with E-state index in [9.17, 15) is 14.4 Å². The number of nitrogen functional groups attached to an aromatic ring is 1. The van der Waals surface area contributed by atoms with Crippen molar-refractivity contribution < 1.29 is 4.79 Å². The number of benzene rings is 2. The topological polar surface area (TPSA) is 99.1 Å². The predicted octanol–water partition coefficient (Wildman–Crippen LogP) is 2.57. The van der Waals surface area contributed by atoms with Crippen LogP contribution in [0.5, 0.6) is 0 Å². The largest absolute Gasteiger partial charge is 0.384 e. The molecule has 0 saturated carbocycles. The molecule has 7 nitrogen and oxygen atoms in total. The number of Topliss-reactive ketones (excluding diaryl/α,β-unsaturated/α-hetero) is 1. The van der Waals surface area contributed by atoms with Gasteiger partial charge >= 0.3 is 5.69 Å². The molecule has 3 N–H and O–H groups in total. The number of ketones is 1. The molecule has 7 heteroatoms. The van der Waals surface area contributed by atoms with Crippen LogP contribution in [0.4, 0.5) is 11.5 Å². The van der Waals surface area contributed by atoms with Crippen molar-refractivity contribution in [3.05, 3.63) is 91.6 Å². The van der Waals surface area contributed by atoms with Crippen LogP contribution in [0, 0.1) is 13.8 Å². The van der Waals surface area contributed by atoms with Crippen molar-refractivity contribution in [1.82, 2.24) is 9.13 Å². The third-order valence-electron chi connectivity index (χ3n) is 5.08. The van der Waals surface area contributed by atoms with E-state index in [1.165, 1.54) is 4.57 Å². The lowest BCUT2D eigenvalue weighted by Gasteiger charge is -2.16. The van der Waals surface area contributed by atoms with Gasteiger partial charge in [0, 0.05) is 12.2 Å². The van der Waals surface area contributed by atoms with Crippen LogP contribution < -0.4 is 22.3 Å². The van der Waals surface area contributed by atoms with Gasteiger partial charge in [0.25, 0.3) is 5.56 Å². The van der Waals surface area contributed by atoms with E-state index >= 15 is 0 Å². The van der Waals surface area contributed by atoms with Crippen LogP contribution >= 0.6 is 0 Å². The zero-order valence-electron chi connectivity index (χ0n) is 17.4. The summed E-state index contributed by atoms with van der Waals surface area (Å²) >= 11 is 0. The summed E-state index contributed by atoms with van der Waals surface area (Å²) in [4.78, 5) is 38.6. The molecule has 3 aromatic rings. The second kappa shape index (κ2) is 8.82.